The van der Waals surface area contributed by atoms with Crippen LogP contribution in [0.15, 0.2) is 79.5 Å². The van der Waals surface area contributed by atoms with E-state index in [9.17, 15) is 14.0 Å². The Bertz CT molecular complexity index is 1540. The van der Waals surface area contributed by atoms with Gasteiger partial charge < -0.3 is 10.1 Å². The number of halogens is 3. The molecule has 0 radical (unpaired) electrons. The molecule has 0 aliphatic rings. The Morgan fingerprint density at radius 2 is 1.94 bits per heavy atom. The molecule has 1 aromatic heterocycles. The molecule has 1 amide bonds. The molecule has 1 heterocycles. The lowest BCUT2D eigenvalue weighted by Crippen LogP contribution is -2.23. The van der Waals surface area contributed by atoms with Crippen molar-refractivity contribution < 1.29 is 13.9 Å². The monoisotopic (exact) mass is 614 g/mol. The Labute approximate surface area is 223 Å². The highest BCUT2D eigenvalue weighted by Crippen LogP contribution is 2.26. The van der Waals surface area contributed by atoms with E-state index in [0.29, 0.717) is 32.5 Å². The Morgan fingerprint density at radius 3 is 2.67 bits per heavy atom. The number of carbonyl (C=O) groups excluding carboxylic acids is 1. The molecule has 184 valence electrons. The zero-order valence-corrected chi connectivity index (χ0v) is 22.5. The van der Waals surface area contributed by atoms with Gasteiger partial charge in [-0.2, -0.15) is 9.78 Å². The molecule has 3 aromatic carbocycles. The minimum Gasteiger partial charge on any atom is -0.483 e. The van der Waals surface area contributed by atoms with Gasteiger partial charge in [-0.1, -0.05) is 41.9 Å². The number of amides is 1. The van der Waals surface area contributed by atoms with E-state index in [1.807, 2.05) is 19.9 Å². The van der Waals surface area contributed by atoms with Crippen LogP contribution in [-0.2, 0) is 4.79 Å². The number of carbonyl (C=O) groups is 1. The average Bonchev–Trinajstić information content (AvgIpc) is 2.84. The lowest BCUT2D eigenvalue weighted by molar-refractivity contribution is -0.118. The smallest absolute Gasteiger partial charge is 0.282 e. The van der Waals surface area contributed by atoms with E-state index in [4.69, 9.17) is 4.74 Å². The lowest BCUT2D eigenvalue weighted by atomic mass is 10.2. The van der Waals surface area contributed by atoms with E-state index >= 15 is 0 Å². The van der Waals surface area contributed by atoms with Crippen molar-refractivity contribution in [2.75, 3.05) is 11.9 Å². The van der Waals surface area contributed by atoms with Gasteiger partial charge in [0.1, 0.15) is 17.4 Å². The van der Waals surface area contributed by atoms with Crippen molar-refractivity contribution in [1.29, 1.82) is 0 Å². The molecule has 0 saturated heterocycles. The molecule has 7 nitrogen and oxygen atoms in total. The van der Waals surface area contributed by atoms with Gasteiger partial charge in [0, 0.05) is 10.4 Å². The second-order valence-electron chi connectivity index (χ2n) is 8.15. The zero-order valence-electron chi connectivity index (χ0n) is 19.3. The molecular formula is C26H21Br2FN4O3. The Balaban J connectivity index is 1.52. The van der Waals surface area contributed by atoms with Gasteiger partial charge in [0.2, 0.25) is 0 Å². The molecule has 10 heteroatoms. The SMILES string of the molecule is CC(C)c1nc2ccc(Br)cc2c(=O)n1N=Cc1ccc(OCC(=O)Nc2ccccc2F)c(Br)c1. The van der Waals surface area contributed by atoms with Gasteiger partial charge in [-0.05, 0) is 70.0 Å². The summed E-state index contributed by atoms with van der Waals surface area (Å²) in [5.74, 6) is -0.0710. The Morgan fingerprint density at radius 1 is 1.17 bits per heavy atom. The summed E-state index contributed by atoms with van der Waals surface area (Å²) < 4.78 is 21.9. The zero-order chi connectivity index (χ0) is 25.8. The molecule has 4 rings (SSSR count). The van der Waals surface area contributed by atoms with E-state index in [1.54, 1.807) is 48.7 Å². The van der Waals surface area contributed by atoms with Crippen LogP contribution in [0.4, 0.5) is 10.1 Å². The number of fused-ring (bicyclic) bond motifs is 1. The topological polar surface area (TPSA) is 85.6 Å². The lowest BCUT2D eigenvalue weighted by Gasteiger charge is -2.12. The number of hydrogen-bond donors (Lipinski definition) is 1. The number of ether oxygens (including phenoxy) is 1. The number of anilines is 1. The van der Waals surface area contributed by atoms with Crippen LogP contribution in [0.5, 0.6) is 5.75 Å². The van der Waals surface area contributed by atoms with Crippen molar-refractivity contribution in [3.8, 4) is 5.75 Å². The van der Waals surface area contributed by atoms with Crippen LogP contribution in [0.25, 0.3) is 10.9 Å². The number of aromatic nitrogens is 2. The van der Waals surface area contributed by atoms with Gasteiger partial charge in [0.25, 0.3) is 11.5 Å². The van der Waals surface area contributed by atoms with Crippen molar-refractivity contribution in [1.82, 2.24) is 9.66 Å². The molecular weight excluding hydrogens is 595 g/mol. The highest BCUT2D eigenvalue weighted by Gasteiger charge is 2.14. The van der Waals surface area contributed by atoms with Crippen molar-refractivity contribution >= 4 is 60.6 Å². The second-order valence-corrected chi connectivity index (χ2v) is 9.92. The fourth-order valence-electron chi connectivity index (χ4n) is 3.38. The van der Waals surface area contributed by atoms with Crippen LogP contribution in [0, 0.1) is 5.82 Å². The summed E-state index contributed by atoms with van der Waals surface area (Å²) in [7, 11) is 0. The van der Waals surface area contributed by atoms with Crippen LogP contribution in [0.2, 0.25) is 0 Å². The van der Waals surface area contributed by atoms with E-state index in [1.165, 1.54) is 16.8 Å². The molecule has 0 aliphatic carbocycles. The number of hydrogen-bond acceptors (Lipinski definition) is 5. The third-order valence-electron chi connectivity index (χ3n) is 5.13. The third-order valence-corrected chi connectivity index (χ3v) is 6.25. The molecule has 4 aromatic rings. The summed E-state index contributed by atoms with van der Waals surface area (Å²) in [5.41, 5.74) is 1.13. The predicted molar refractivity (Wildman–Crippen MR) is 145 cm³/mol. The molecule has 1 N–H and O–H groups in total. The fraction of sp³-hybridized carbons (Fsp3) is 0.154. The van der Waals surface area contributed by atoms with Gasteiger partial charge >= 0.3 is 0 Å². The van der Waals surface area contributed by atoms with E-state index < -0.39 is 11.7 Å². The van der Waals surface area contributed by atoms with Crippen LogP contribution < -0.4 is 15.6 Å². The Kier molecular flexibility index (Phi) is 7.95. The largest absolute Gasteiger partial charge is 0.483 e. The minimum absolute atomic E-state index is 0.0269. The molecule has 0 fully saturated rings. The van der Waals surface area contributed by atoms with E-state index in [2.05, 4.69) is 47.3 Å². The average molecular weight is 616 g/mol. The maximum absolute atomic E-state index is 13.7. The standard InChI is InChI=1S/C26H21Br2FN4O3/c1-15(2)25-32-21-9-8-17(27)12-18(21)26(35)33(25)30-13-16-7-10-23(19(28)11-16)36-14-24(34)31-22-6-4-3-5-20(22)29/h3-13,15H,14H2,1-2H3,(H,31,34). The van der Waals surface area contributed by atoms with Crippen LogP contribution >= 0.6 is 31.9 Å². The maximum Gasteiger partial charge on any atom is 0.282 e. The summed E-state index contributed by atoms with van der Waals surface area (Å²) in [4.78, 5) is 29.9. The van der Waals surface area contributed by atoms with Crippen LogP contribution in [0.3, 0.4) is 0 Å². The third kappa shape index (κ3) is 5.88. The van der Waals surface area contributed by atoms with Gasteiger partial charge in [-0.3, -0.25) is 9.59 Å². The number of nitrogens with one attached hydrogen (secondary N) is 1. The molecule has 36 heavy (non-hydrogen) atoms. The van der Waals surface area contributed by atoms with Gasteiger partial charge in [-0.25, -0.2) is 9.37 Å². The van der Waals surface area contributed by atoms with E-state index in [-0.39, 0.29) is 23.8 Å². The first-order chi connectivity index (χ1) is 17.2. The Hall–Kier alpha value is -3.37. The summed E-state index contributed by atoms with van der Waals surface area (Å²) in [6.07, 6.45) is 1.55. The highest BCUT2D eigenvalue weighted by molar-refractivity contribution is 9.10. The number of para-hydroxylation sites is 1. The quantitative estimate of drug-likeness (QED) is 0.255. The van der Waals surface area contributed by atoms with E-state index in [0.717, 1.165) is 4.47 Å². The number of benzene rings is 3. The molecule has 0 unspecified atom stereocenters. The molecule has 0 aliphatic heterocycles. The maximum atomic E-state index is 13.7. The van der Waals surface area contributed by atoms with Gasteiger partial charge in [0.05, 0.1) is 27.3 Å². The van der Waals surface area contributed by atoms with Crippen molar-refractivity contribution in [3.63, 3.8) is 0 Å². The molecule has 0 atom stereocenters. The summed E-state index contributed by atoms with van der Waals surface area (Å²) in [6.45, 7) is 3.60. The normalized spacial score (nSPS) is 11.4. The number of nitrogens with zero attached hydrogens (tertiary/aromatic N) is 3. The first-order valence-corrected chi connectivity index (χ1v) is 12.5. The number of rotatable bonds is 7. The van der Waals surface area contributed by atoms with Crippen molar-refractivity contribution in [3.05, 3.63) is 97.2 Å². The first kappa shape index (κ1) is 25.7. The van der Waals surface area contributed by atoms with Crippen LogP contribution in [-0.4, -0.2) is 28.4 Å². The van der Waals surface area contributed by atoms with Crippen LogP contribution in [0.1, 0.15) is 31.2 Å². The second kappa shape index (κ2) is 11.1. The van der Waals surface area contributed by atoms with Gasteiger partial charge in [-0.15, -0.1) is 0 Å². The highest BCUT2D eigenvalue weighted by atomic mass is 79.9. The minimum atomic E-state index is -0.523. The molecule has 0 spiro atoms. The van der Waals surface area contributed by atoms with Crippen molar-refractivity contribution in [2.24, 2.45) is 5.10 Å². The first-order valence-electron chi connectivity index (χ1n) is 11.0. The molecule has 0 bridgehead atoms. The summed E-state index contributed by atoms with van der Waals surface area (Å²) in [6, 6.07) is 16.4. The van der Waals surface area contributed by atoms with Gasteiger partial charge in [0.15, 0.2) is 6.61 Å². The van der Waals surface area contributed by atoms with Crippen molar-refractivity contribution in [2.45, 2.75) is 19.8 Å². The molecule has 0 saturated carbocycles. The summed E-state index contributed by atoms with van der Waals surface area (Å²) >= 11 is 6.83. The summed E-state index contributed by atoms with van der Waals surface area (Å²) in [5, 5.41) is 7.35. The fourth-order valence-corrected chi connectivity index (χ4v) is 4.25. The predicted octanol–water partition coefficient (Wildman–Crippen LogP) is 6.08.